The molecule has 2 atom stereocenters. The second-order valence-corrected chi connectivity index (χ2v) is 15.4. The summed E-state index contributed by atoms with van der Waals surface area (Å²) >= 11 is 0. The first-order valence-electron chi connectivity index (χ1n) is 20.8. The monoisotopic (exact) mass is 798 g/mol. The zero-order chi connectivity index (χ0) is 43.6. The molecule has 2 unspecified atom stereocenters. The van der Waals surface area contributed by atoms with Crippen LogP contribution in [0.2, 0.25) is 0 Å². The number of aromatic nitrogens is 2. The zero-order valence-electron chi connectivity index (χ0n) is 36.2. The second kappa shape index (κ2) is 19.6. The molecule has 0 N–H and O–H groups in total. The Morgan fingerprint density at radius 1 is 0.869 bits per heavy atom. The van der Waals surface area contributed by atoms with Crippen LogP contribution in [-0.2, 0) is 6.42 Å². The molecule has 5 aromatic rings. The van der Waals surface area contributed by atoms with Crippen LogP contribution in [0, 0.1) is 35.5 Å². The lowest BCUT2D eigenvalue weighted by Crippen LogP contribution is -2.36. The maximum absolute atomic E-state index is 9.99. The number of anilines is 2. The molecule has 0 bridgehead atoms. The van der Waals surface area contributed by atoms with Crippen molar-refractivity contribution in [2.45, 2.75) is 60.4 Å². The summed E-state index contributed by atoms with van der Waals surface area (Å²) in [7, 11) is 0. The first-order chi connectivity index (χ1) is 29.5. The fourth-order valence-electron chi connectivity index (χ4n) is 7.78. The van der Waals surface area contributed by atoms with Crippen LogP contribution in [0.1, 0.15) is 80.2 Å². The molecule has 0 spiro atoms. The first-order valence-corrected chi connectivity index (χ1v) is 20.8. The Labute approximate surface area is 362 Å². The number of imidazole rings is 1. The largest absolute Gasteiger partial charge is 0.338 e. The van der Waals surface area contributed by atoms with E-state index in [4.69, 9.17) is 11.6 Å². The van der Waals surface area contributed by atoms with Gasteiger partial charge in [-0.25, -0.2) is 4.98 Å². The fourth-order valence-corrected chi connectivity index (χ4v) is 7.78. The van der Waals surface area contributed by atoms with Crippen LogP contribution >= 0.6 is 0 Å². The number of nitrogens with zero attached hydrogens (tertiary/aromatic N) is 6. The van der Waals surface area contributed by atoms with Gasteiger partial charge in [0.1, 0.15) is 5.82 Å². The summed E-state index contributed by atoms with van der Waals surface area (Å²) in [6, 6.07) is 35.5. The lowest BCUT2D eigenvalue weighted by molar-refractivity contribution is 0.567. The molecular weight excluding hydrogens is 745 g/mol. The van der Waals surface area contributed by atoms with Crippen LogP contribution in [0.25, 0.3) is 34.5 Å². The van der Waals surface area contributed by atoms with E-state index in [1.807, 2.05) is 72.8 Å². The van der Waals surface area contributed by atoms with E-state index < -0.39 is 0 Å². The van der Waals surface area contributed by atoms with Gasteiger partial charge in [0.25, 0.3) is 0 Å². The van der Waals surface area contributed by atoms with E-state index in [1.165, 1.54) is 5.56 Å². The molecule has 1 aliphatic rings. The molecule has 0 amide bonds. The summed E-state index contributed by atoms with van der Waals surface area (Å²) < 4.78 is 2.13. The molecular formula is C55H54N6. The molecule has 0 aliphatic carbocycles. The summed E-state index contributed by atoms with van der Waals surface area (Å²) in [5.41, 5.74) is 13.4. The molecule has 6 nitrogen and oxygen atoms in total. The van der Waals surface area contributed by atoms with E-state index in [0.29, 0.717) is 11.1 Å². The smallest absolute Gasteiger partial charge is 0.145 e. The maximum Gasteiger partial charge on any atom is 0.145 e. The van der Waals surface area contributed by atoms with E-state index in [1.54, 1.807) is 12.2 Å². The summed E-state index contributed by atoms with van der Waals surface area (Å²) in [6.07, 6.45) is 19.9. The second-order valence-electron chi connectivity index (χ2n) is 15.4. The Kier molecular flexibility index (Phi) is 13.8. The molecule has 0 radical (unpaired) electrons. The fraction of sp³-hybridized carbons (Fsp3) is 0.182. The highest BCUT2D eigenvalue weighted by atomic mass is 15.2. The maximum atomic E-state index is 9.99. The van der Waals surface area contributed by atoms with Gasteiger partial charge in [-0.1, -0.05) is 106 Å². The van der Waals surface area contributed by atoms with Crippen LogP contribution in [0.3, 0.4) is 0 Å². The lowest BCUT2D eigenvalue weighted by atomic mass is 9.93. The third-order valence-corrected chi connectivity index (χ3v) is 11.4. The minimum Gasteiger partial charge on any atom is -0.338 e. The highest BCUT2D eigenvalue weighted by Gasteiger charge is 2.27. The highest BCUT2D eigenvalue weighted by Crippen LogP contribution is 2.40. The predicted molar refractivity (Wildman–Crippen MR) is 257 cm³/mol. The number of hydrogen-bond acceptors (Lipinski definition) is 5. The third-order valence-electron chi connectivity index (χ3n) is 11.4. The van der Waals surface area contributed by atoms with Gasteiger partial charge in [-0.3, -0.25) is 4.57 Å². The van der Waals surface area contributed by atoms with Gasteiger partial charge < -0.3 is 9.80 Å². The Bertz CT molecular complexity index is 2720. The average molecular weight is 799 g/mol. The van der Waals surface area contributed by atoms with Crippen molar-refractivity contribution in [1.29, 1.82) is 10.5 Å². The molecule has 0 fully saturated rings. The zero-order valence-corrected chi connectivity index (χ0v) is 36.2. The molecule has 1 aliphatic heterocycles. The molecule has 1 aromatic heterocycles. The van der Waals surface area contributed by atoms with Crippen molar-refractivity contribution in [2.75, 3.05) is 9.80 Å². The minimum atomic E-state index is 0.119. The van der Waals surface area contributed by atoms with Crippen LogP contribution < -0.4 is 9.80 Å². The normalized spacial score (nSPS) is 17.0. The number of allylic oxidation sites excluding steroid dienone is 9. The van der Waals surface area contributed by atoms with Crippen LogP contribution in [0.15, 0.2) is 171 Å². The van der Waals surface area contributed by atoms with E-state index >= 15 is 0 Å². The Morgan fingerprint density at radius 2 is 1.56 bits per heavy atom. The van der Waals surface area contributed by atoms with Gasteiger partial charge in [0.05, 0.1) is 29.0 Å². The lowest BCUT2D eigenvalue weighted by Gasteiger charge is -2.38. The Hall–Kier alpha value is -7.41. The molecule has 0 saturated carbocycles. The summed E-state index contributed by atoms with van der Waals surface area (Å²) in [5, 5.41) is 19.9. The molecule has 4 aromatic carbocycles. The van der Waals surface area contributed by atoms with Crippen LogP contribution in [0.4, 0.5) is 11.4 Å². The Balaban J connectivity index is 1.71. The molecule has 61 heavy (non-hydrogen) atoms. The van der Waals surface area contributed by atoms with Gasteiger partial charge >= 0.3 is 0 Å². The van der Waals surface area contributed by atoms with E-state index in [-0.39, 0.29) is 12.0 Å². The Morgan fingerprint density at radius 3 is 2.28 bits per heavy atom. The van der Waals surface area contributed by atoms with Gasteiger partial charge in [0.15, 0.2) is 0 Å². The van der Waals surface area contributed by atoms with Gasteiger partial charge in [-0.05, 0) is 142 Å². The van der Waals surface area contributed by atoms with Crippen molar-refractivity contribution in [1.82, 2.24) is 9.55 Å². The van der Waals surface area contributed by atoms with Crippen molar-refractivity contribution >= 4 is 28.8 Å². The summed E-state index contributed by atoms with van der Waals surface area (Å²) in [6.45, 7) is 25.6. The van der Waals surface area contributed by atoms with E-state index in [2.05, 4.69) is 142 Å². The average Bonchev–Trinajstić information content (AvgIpc) is 3.62. The van der Waals surface area contributed by atoms with Gasteiger partial charge in [0.2, 0.25) is 0 Å². The summed E-state index contributed by atoms with van der Waals surface area (Å²) in [5.74, 6) is 0.983. The molecule has 304 valence electrons. The first kappa shape index (κ1) is 43.2. The molecule has 2 heterocycles. The highest BCUT2D eigenvalue weighted by molar-refractivity contribution is 5.89. The summed E-state index contributed by atoms with van der Waals surface area (Å²) in [4.78, 5) is 9.92. The number of rotatable bonds is 13. The van der Waals surface area contributed by atoms with E-state index in [0.717, 1.165) is 86.5 Å². The minimum absolute atomic E-state index is 0.119. The van der Waals surface area contributed by atoms with Crippen molar-refractivity contribution in [3.63, 3.8) is 0 Å². The number of benzene rings is 4. The number of aryl methyl sites for hydroxylation is 1. The van der Waals surface area contributed by atoms with Crippen molar-refractivity contribution in [2.24, 2.45) is 5.92 Å². The van der Waals surface area contributed by atoms with Crippen LogP contribution in [0.5, 0.6) is 0 Å². The molecule has 6 rings (SSSR count). The molecule has 6 heteroatoms. The van der Waals surface area contributed by atoms with E-state index in [9.17, 15) is 10.5 Å². The van der Waals surface area contributed by atoms with Crippen LogP contribution in [-0.4, -0.2) is 15.6 Å². The number of hydrogen-bond donors (Lipinski definition) is 0. The number of nitriles is 2. The standard InChI is InChI=1S/C55H54N6/c1-10-13-20-38(4)40(6)59(50-25-18-23-45(31-50)36-56)42(8)47-33-48(54-29-16-15-21-39(5)41(7)60(54)51-26-17-22-44(12-3)30-51)35-49(34-47)55-58-53(28-14-11-2)43(9)61(55)52-27-19-24-46(32-52)37-57/h10-11,13-15,17-35,39,41H,1-2,8,12,16H2,3-7,9H3/b20-13-,21-15-,28-14-,40-38+,54-29-. The predicted octanol–water partition coefficient (Wildman–Crippen LogP) is 13.7. The van der Waals surface area contributed by atoms with Gasteiger partial charge in [-0.15, -0.1) is 0 Å². The molecule has 0 saturated heterocycles. The third kappa shape index (κ3) is 9.41. The van der Waals surface area contributed by atoms with Gasteiger partial charge in [-0.2, -0.15) is 10.5 Å². The quantitative estimate of drug-likeness (QED) is 0.0876. The van der Waals surface area contributed by atoms with Gasteiger partial charge in [0, 0.05) is 51.5 Å². The van der Waals surface area contributed by atoms with Crippen molar-refractivity contribution < 1.29 is 0 Å². The van der Waals surface area contributed by atoms with Crippen molar-refractivity contribution in [3.8, 4) is 29.2 Å². The van der Waals surface area contributed by atoms with Crippen molar-refractivity contribution in [3.05, 3.63) is 210 Å². The SMILES string of the molecule is C=C/C=C\C(C)=C(/C)N(C(=C)c1cc(/C2=C/C/C=C\C(C)C(C)N2c2cccc(CC)c2)cc(-c2nc(/C=C\C=C)c(C)n2-c2cccc(C#N)c2)c1)c1cccc(C#N)c1. The topological polar surface area (TPSA) is 71.9 Å².